The van der Waals surface area contributed by atoms with Crippen LogP contribution in [-0.2, 0) is 6.54 Å². The Morgan fingerprint density at radius 2 is 2.35 bits per heavy atom. The zero-order valence-corrected chi connectivity index (χ0v) is 11.1. The molecule has 1 aliphatic heterocycles. The second-order valence-corrected chi connectivity index (χ2v) is 4.93. The van der Waals surface area contributed by atoms with E-state index >= 15 is 0 Å². The molecule has 17 heavy (non-hydrogen) atoms. The van der Waals surface area contributed by atoms with Gasteiger partial charge in [0.2, 0.25) is 0 Å². The summed E-state index contributed by atoms with van der Waals surface area (Å²) in [6.45, 7) is 6.29. The van der Waals surface area contributed by atoms with E-state index in [2.05, 4.69) is 23.2 Å². The van der Waals surface area contributed by atoms with Crippen LogP contribution in [0.4, 0.5) is 0 Å². The van der Waals surface area contributed by atoms with Crippen LogP contribution in [0, 0.1) is 0 Å². The van der Waals surface area contributed by atoms with E-state index < -0.39 is 0 Å². The average molecular weight is 255 g/mol. The zero-order chi connectivity index (χ0) is 12.3. The van der Waals surface area contributed by atoms with Gasteiger partial charge >= 0.3 is 0 Å². The highest BCUT2D eigenvalue weighted by Gasteiger charge is 2.17. The summed E-state index contributed by atoms with van der Waals surface area (Å²) in [7, 11) is 1.67. The Bertz CT molecular complexity index is 384. The number of nitrogens with one attached hydrogen (secondary N) is 1. The van der Waals surface area contributed by atoms with Gasteiger partial charge in [-0.1, -0.05) is 23.7 Å². The van der Waals surface area contributed by atoms with Crippen molar-refractivity contribution in [2.75, 3.05) is 26.7 Å². The lowest BCUT2D eigenvalue weighted by Gasteiger charge is -2.32. The average Bonchev–Trinajstić information content (AvgIpc) is 2.29. The molecule has 0 aliphatic carbocycles. The minimum atomic E-state index is 0.550. The van der Waals surface area contributed by atoms with E-state index in [1.807, 2.05) is 12.1 Å². The van der Waals surface area contributed by atoms with Crippen molar-refractivity contribution in [3.8, 4) is 5.75 Å². The largest absolute Gasteiger partial charge is 0.495 e. The van der Waals surface area contributed by atoms with Crippen molar-refractivity contribution in [1.82, 2.24) is 10.2 Å². The lowest BCUT2D eigenvalue weighted by molar-refractivity contribution is 0.197. The summed E-state index contributed by atoms with van der Waals surface area (Å²) >= 11 is 6.12. The van der Waals surface area contributed by atoms with Crippen LogP contribution >= 0.6 is 11.6 Å². The predicted molar refractivity (Wildman–Crippen MR) is 70.7 cm³/mol. The maximum atomic E-state index is 6.12. The van der Waals surface area contributed by atoms with Crippen molar-refractivity contribution in [3.05, 3.63) is 28.8 Å². The third kappa shape index (κ3) is 3.12. The van der Waals surface area contributed by atoms with Gasteiger partial charge in [0.25, 0.3) is 0 Å². The Morgan fingerprint density at radius 3 is 3.06 bits per heavy atom. The van der Waals surface area contributed by atoms with Gasteiger partial charge in [-0.25, -0.2) is 0 Å². The zero-order valence-electron chi connectivity index (χ0n) is 10.4. The van der Waals surface area contributed by atoms with Gasteiger partial charge in [0.1, 0.15) is 5.75 Å². The number of para-hydroxylation sites is 1. The van der Waals surface area contributed by atoms with Crippen LogP contribution in [0.1, 0.15) is 12.5 Å². The third-order valence-electron chi connectivity index (χ3n) is 3.10. The molecule has 94 valence electrons. The normalized spacial score (nSPS) is 21.5. The molecule has 0 bridgehead atoms. The molecule has 3 nitrogen and oxygen atoms in total. The molecule has 0 spiro atoms. The molecule has 1 aliphatic rings. The van der Waals surface area contributed by atoms with Gasteiger partial charge in [-0.05, 0) is 13.0 Å². The molecule has 0 unspecified atom stereocenters. The number of halogens is 1. The van der Waals surface area contributed by atoms with E-state index in [1.54, 1.807) is 7.11 Å². The van der Waals surface area contributed by atoms with E-state index in [0.29, 0.717) is 11.1 Å². The minimum Gasteiger partial charge on any atom is -0.495 e. The van der Waals surface area contributed by atoms with Crippen LogP contribution in [-0.4, -0.2) is 37.7 Å². The van der Waals surface area contributed by atoms with Gasteiger partial charge in [0.05, 0.1) is 12.1 Å². The lowest BCUT2D eigenvalue weighted by Crippen LogP contribution is -2.48. The second-order valence-electron chi connectivity index (χ2n) is 4.52. The van der Waals surface area contributed by atoms with Gasteiger partial charge in [0.15, 0.2) is 0 Å². The van der Waals surface area contributed by atoms with Gasteiger partial charge in [-0.15, -0.1) is 0 Å². The van der Waals surface area contributed by atoms with Crippen LogP contribution in [0.25, 0.3) is 0 Å². The van der Waals surface area contributed by atoms with E-state index in [9.17, 15) is 0 Å². The molecule has 0 aromatic heterocycles. The summed E-state index contributed by atoms with van der Waals surface area (Å²) in [4.78, 5) is 2.43. The smallest absolute Gasteiger partial charge is 0.141 e. The molecular weight excluding hydrogens is 236 g/mol. The molecule has 2 rings (SSSR count). The predicted octanol–water partition coefficient (Wildman–Crippen LogP) is 2.14. The molecule has 4 heteroatoms. The maximum absolute atomic E-state index is 6.12. The molecule has 1 fully saturated rings. The number of methoxy groups -OCH3 is 1. The summed E-state index contributed by atoms with van der Waals surface area (Å²) in [5.74, 6) is 0.806. The Balaban J connectivity index is 2.10. The van der Waals surface area contributed by atoms with E-state index in [0.717, 1.165) is 37.5 Å². The molecular formula is C13H19ClN2O. The second kappa shape index (κ2) is 5.71. The van der Waals surface area contributed by atoms with Crippen molar-refractivity contribution in [3.63, 3.8) is 0 Å². The van der Waals surface area contributed by atoms with Crippen molar-refractivity contribution in [2.45, 2.75) is 19.5 Å². The van der Waals surface area contributed by atoms with Crippen molar-refractivity contribution in [1.29, 1.82) is 0 Å². The minimum absolute atomic E-state index is 0.550. The molecule has 1 aromatic carbocycles. The number of benzene rings is 1. The molecule has 0 radical (unpaired) electrons. The fourth-order valence-electron chi connectivity index (χ4n) is 2.30. The molecule has 1 aromatic rings. The van der Waals surface area contributed by atoms with Crippen molar-refractivity contribution in [2.24, 2.45) is 0 Å². The highest BCUT2D eigenvalue weighted by molar-refractivity contribution is 6.32. The first-order chi connectivity index (χ1) is 8.20. The Morgan fingerprint density at radius 1 is 1.53 bits per heavy atom. The highest BCUT2D eigenvalue weighted by Crippen LogP contribution is 2.29. The van der Waals surface area contributed by atoms with Gasteiger partial charge < -0.3 is 10.1 Å². The molecule has 1 N–H and O–H groups in total. The maximum Gasteiger partial charge on any atom is 0.141 e. The fourth-order valence-corrected chi connectivity index (χ4v) is 2.57. The molecule has 1 saturated heterocycles. The summed E-state index contributed by atoms with van der Waals surface area (Å²) in [6, 6.07) is 6.47. The number of nitrogens with zero attached hydrogens (tertiary/aromatic N) is 1. The van der Waals surface area contributed by atoms with E-state index in [4.69, 9.17) is 16.3 Å². The molecule has 0 amide bonds. The summed E-state index contributed by atoms with van der Waals surface area (Å²) < 4.78 is 5.37. The molecule has 1 atom stereocenters. The lowest BCUT2D eigenvalue weighted by atomic mass is 10.1. The Labute approximate surface area is 108 Å². The quantitative estimate of drug-likeness (QED) is 0.895. The summed E-state index contributed by atoms with van der Waals surface area (Å²) in [5, 5.41) is 4.13. The Hall–Kier alpha value is -0.770. The first-order valence-electron chi connectivity index (χ1n) is 5.98. The van der Waals surface area contributed by atoms with Crippen LogP contribution in [0.5, 0.6) is 5.75 Å². The first kappa shape index (κ1) is 12.7. The monoisotopic (exact) mass is 254 g/mol. The number of piperazine rings is 1. The van der Waals surface area contributed by atoms with Crippen LogP contribution in [0.15, 0.2) is 18.2 Å². The van der Waals surface area contributed by atoms with Gasteiger partial charge in [-0.3, -0.25) is 4.90 Å². The van der Waals surface area contributed by atoms with Crippen LogP contribution < -0.4 is 10.1 Å². The van der Waals surface area contributed by atoms with Gasteiger partial charge in [-0.2, -0.15) is 0 Å². The number of rotatable bonds is 3. The topological polar surface area (TPSA) is 24.5 Å². The fraction of sp³-hybridized carbons (Fsp3) is 0.538. The summed E-state index contributed by atoms with van der Waals surface area (Å²) in [5.41, 5.74) is 1.16. The molecule has 0 saturated carbocycles. The van der Waals surface area contributed by atoms with Gasteiger partial charge in [0, 0.05) is 37.8 Å². The number of hydrogen-bond donors (Lipinski definition) is 1. The van der Waals surface area contributed by atoms with Crippen molar-refractivity contribution >= 4 is 11.6 Å². The number of hydrogen-bond acceptors (Lipinski definition) is 3. The highest BCUT2D eigenvalue weighted by atomic mass is 35.5. The van der Waals surface area contributed by atoms with Crippen LogP contribution in [0.2, 0.25) is 5.02 Å². The standard InChI is InChI=1S/C13H19ClN2O/c1-10-8-16(7-6-15-10)9-11-4-3-5-12(14)13(11)17-2/h3-5,10,15H,6-9H2,1-2H3/t10-/m1/s1. The Kier molecular flexibility index (Phi) is 4.26. The first-order valence-corrected chi connectivity index (χ1v) is 6.35. The molecule has 1 heterocycles. The third-order valence-corrected chi connectivity index (χ3v) is 3.40. The summed E-state index contributed by atoms with van der Waals surface area (Å²) in [6.07, 6.45) is 0. The SMILES string of the molecule is COc1c(Cl)cccc1CN1CCN[C@H](C)C1. The van der Waals surface area contributed by atoms with E-state index in [-0.39, 0.29) is 0 Å². The van der Waals surface area contributed by atoms with E-state index in [1.165, 1.54) is 0 Å². The number of ether oxygens (including phenoxy) is 1. The van der Waals surface area contributed by atoms with Crippen LogP contribution in [0.3, 0.4) is 0 Å². The van der Waals surface area contributed by atoms with Crippen molar-refractivity contribution < 1.29 is 4.74 Å².